The maximum atomic E-state index is 13.0. The number of hydrogen-bond donors (Lipinski definition) is 0. The van der Waals surface area contributed by atoms with E-state index in [1.54, 1.807) is 15.9 Å². The number of piperazine rings is 1. The predicted octanol–water partition coefficient (Wildman–Crippen LogP) is 3.84. The summed E-state index contributed by atoms with van der Waals surface area (Å²) in [6.45, 7) is 12.8. The van der Waals surface area contributed by atoms with Gasteiger partial charge in [0, 0.05) is 44.1 Å². The quantitative estimate of drug-likeness (QED) is 0.405. The van der Waals surface area contributed by atoms with Crippen LogP contribution in [-0.4, -0.2) is 57.2 Å². The molecule has 3 aromatic rings. The summed E-state index contributed by atoms with van der Waals surface area (Å²) < 4.78 is 1.69. The number of carbonyl (C=O) groups excluding carboxylic acids is 1. The number of hydrogen-bond acceptors (Lipinski definition) is 6. The molecule has 170 valence electrons. The zero-order valence-corrected chi connectivity index (χ0v) is 20.8. The number of aromatic nitrogens is 2. The Morgan fingerprint density at radius 1 is 1.12 bits per heavy atom. The van der Waals surface area contributed by atoms with Crippen LogP contribution in [0.1, 0.15) is 28.5 Å². The lowest BCUT2D eigenvalue weighted by molar-refractivity contribution is -0.130. The monoisotopic (exact) mass is 470 g/mol. The summed E-state index contributed by atoms with van der Waals surface area (Å²) in [5.74, 6) is 0.417. The van der Waals surface area contributed by atoms with Gasteiger partial charge in [-0.25, -0.2) is 4.98 Å². The molecule has 2 aromatic heterocycles. The summed E-state index contributed by atoms with van der Waals surface area (Å²) in [6, 6.07) is 8.47. The summed E-state index contributed by atoms with van der Waals surface area (Å²) in [5, 5.41) is 1.35. The molecule has 1 saturated heterocycles. The van der Waals surface area contributed by atoms with E-state index in [4.69, 9.17) is 4.98 Å². The third kappa shape index (κ3) is 4.63. The second-order valence-electron chi connectivity index (χ2n) is 8.28. The number of benzene rings is 1. The molecule has 1 aliphatic rings. The first kappa shape index (κ1) is 23.0. The lowest BCUT2D eigenvalue weighted by Gasteiger charge is -2.35. The van der Waals surface area contributed by atoms with Crippen LogP contribution in [0.4, 0.5) is 0 Å². The highest BCUT2D eigenvalue weighted by molar-refractivity contribution is 7.99. The number of amides is 1. The number of fused-ring (bicyclic) bond motifs is 1. The Hall–Kier alpha value is -2.16. The number of thiophene rings is 1. The van der Waals surface area contributed by atoms with E-state index in [1.807, 2.05) is 25.7 Å². The van der Waals surface area contributed by atoms with Crippen LogP contribution < -0.4 is 5.56 Å². The van der Waals surface area contributed by atoms with E-state index >= 15 is 0 Å². The molecule has 0 saturated carbocycles. The lowest BCUT2D eigenvalue weighted by atomic mass is 10.1. The fourth-order valence-electron chi connectivity index (χ4n) is 4.10. The van der Waals surface area contributed by atoms with Crippen molar-refractivity contribution in [2.75, 3.05) is 31.9 Å². The van der Waals surface area contributed by atoms with Crippen molar-refractivity contribution >= 4 is 39.2 Å². The summed E-state index contributed by atoms with van der Waals surface area (Å²) in [5.41, 5.74) is 3.67. The number of aryl methyl sites for hydroxylation is 3. The van der Waals surface area contributed by atoms with E-state index in [-0.39, 0.29) is 11.5 Å². The van der Waals surface area contributed by atoms with Crippen LogP contribution in [0.5, 0.6) is 0 Å². The van der Waals surface area contributed by atoms with Crippen LogP contribution in [0, 0.1) is 20.8 Å². The first-order valence-corrected chi connectivity index (χ1v) is 12.9. The molecule has 0 radical (unpaired) electrons. The highest BCUT2D eigenvalue weighted by Crippen LogP contribution is 2.28. The topological polar surface area (TPSA) is 58.4 Å². The van der Waals surface area contributed by atoms with Gasteiger partial charge in [0.15, 0.2) is 5.16 Å². The van der Waals surface area contributed by atoms with Crippen molar-refractivity contribution < 1.29 is 4.79 Å². The van der Waals surface area contributed by atoms with E-state index in [9.17, 15) is 9.59 Å². The largest absolute Gasteiger partial charge is 0.339 e. The smallest absolute Gasteiger partial charge is 0.263 e. The van der Waals surface area contributed by atoms with E-state index in [1.165, 1.54) is 22.9 Å². The van der Waals surface area contributed by atoms with Crippen molar-refractivity contribution in [1.29, 1.82) is 0 Å². The van der Waals surface area contributed by atoms with Gasteiger partial charge in [0.25, 0.3) is 5.56 Å². The highest BCUT2D eigenvalue weighted by atomic mass is 32.2. The van der Waals surface area contributed by atoms with Gasteiger partial charge in [-0.3, -0.25) is 19.1 Å². The van der Waals surface area contributed by atoms with E-state index < -0.39 is 0 Å². The highest BCUT2D eigenvalue weighted by Gasteiger charge is 2.23. The zero-order valence-electron chi connectivity index (χ0n) is 19.2. The first-order chi connectivity index (χ1) is 15.4. The van der Waals surface area contributed by atoms with Crippen LogP contribution in [0.25, 0.3) is 10.2 Å². The van der Waals surface area contributed by atoms with Crippen LogP contribution in [0.3, 0.4) is 0 Å². The van der Waals surface area contributed by atoms with E-state index in [0.29, 0.717) is 17.5 Å². The molecule has 8 heteroatoms. The fourth-order valence-corrected chi connectivity index (χ4v) is 6.14. The lowest BCUT2D eigenvalue weighted by Crippen LogP contribution is -2.48. The molecular formula is C24H30N4O2S2. The molecule has 1 fully saturated rings. The van der Waals surface area contributed by atoms with Crippen molar-refractivity contribution in [3.05, 3.63) is 56.2 Å². The molecule has 0 aliphatic carbocycles. The number of carbonyl (C=O) groups is 1. The number of rotatable bonds is 6. The van der Waals surface area contributed by atoms with Gasteiger partial charge < -0.3 is 4.90 Å². The minimum absolute atomic E-state index is 0.000816. The minimum atomic E-state index is -0.000816. The Bertz CT molecular complexity index is 1190. The summed E-state index contributed by atoms with van der Waals surface area (Å²) >= 11 is 2.93. The summed E-state index contributed by atoms with van der Waals surface area (Å²) in [6.07, 6.45) is 0. The molecule has 0 N–H and O–H groups in total. The predicted molar refractivity (Wildman–Crippen MR) is 133 cm³/mol. The van der Waals surface area contributed by atoms with Gasteiger partial charge in [-0.1, -0.05) is 36.0 Å². The van der Waals surface area contributed by atoms with Crippen molar-refractivity contribution in [2.24, 2.45) is 0 Å². The van der Waals surface area contributed by atoms with Crippen molar-refractivity contribution in [1.82, 2.24) is 19.4 Å². The van der Waals surface area contributed by atoms with Gasteiger partial charge in [0.2, 0.25) is 5.91 Å². The first-order valence-electron chi connectivity index (χ1n) is 11.1. The van der Waals surface area contributed by atoms with Gasteiger partial charge in [-0.05, 0) is 44.4 Å². The van der Waals surface area contributed by atoms with E-state index in [0.717, 1.165) is 53.4 Å². The maximum Gasteiger partial charge on any atom is 0.263 e. The number of nitrogens with zero attached hydrogens (tertiary/aromatic N) is 4. The molecular weight excluding hydrogens is 440 g/mol. The Balaban J connectivity index is 1.38. The van der Waals surface area contributed by atoms with Crippen molar-refractivity contribution in [2.45, 2.75) is 45.9 Å². The summed E-state index contributed by atoms with van der Waals surface area (Å²) in [7, 11) is 0. The molecule has 4 rings (SSSR count). The Labute approximate surface area is 197 Å². The van der Waals surface area contributed by atoms with Gasteiger partial charge in [0.05, 0.1) is 11.1 Å². The van der Waals surface area contributed by atoms with Crippen LogP contribution in [-0.2, 0) is 17.9 Å². The molecule has 6 nitrogen and oxygen atoms in total. The molecule has 1 aromatic carbocycles. The molecule has 0 bridgehead atoms. The van der Waals surface area contributed by atoms with Crippen molar-refractivity contribution in [3.63, 3.8) is 0 Å². The second kappa shape index (κ2) is 9.77. The van der Waals surface area contributed by atoms with Gasteiger partial charge in [0.1, 0.15) is 4.83 Å². The minimum Gasteiger partial charge on any atom is -0.339 e. The molecule has 0 unspecified atom stereocenters. The Morgan fingerprint density at radius 3 is 2.53 bits per heavy atom. The van der Waals surface area contributed by atoms with Gasteiger partial charge in [-0.2, -0.15) is 0 Å². The normalized spacial score (nSPS) is 14.9. The Morgan fingerprint density at radius 2 is 1.84 bits per heavy atom. The standard InChI is InChI=1S/C24H30N4O2S2/c1-5-28-23(30)21-17(3)18(4)32-22(21)25-24(28)31-15-20(29)27-12-10-26(11-13-27)14-19-9-7-6-8-16(19)2/h6-9H,5,10-15H2,1-4H3. The molecule has 1 aliphatic heterocycles. The average molecular weight is 471 g/mol. The molecule has 3 heterocycles. The number of thioether (sulfide) groups is 1. The third-order valence-electron chi connectivity index (χ3n) is 6.28. The molecule has 32 heavy (non-hydrogen) atoms. The maximum absolute atomic E-state index is 13.0. The van der Waals surface area contributed by atoms with Crippen LogP contribution in [0.15, 0.2) is 34.2 Å². The SMILES string of the molecule is CCn1c(SCC(=O)N2CCN(Cc3ccccc3C)CC2)nc2sc(C)c(C)c2c1=O. The summed E-state index contributed by atoms with van der Waals surface area (Å²) in [4.78, 5) is 36.8. The van der Waals surface area contributed by atoms with Crippen molar-refractivity contribution in [3.8, 4) is 0 Å². The van der Waals surface area contributed by atoms with Crippen LogP contribution >= 0.6 is 23.1 Å². The zero-order chi connectivity index (χ0) is 22.8. The molecule has 0 atom stereocenters. The molecule has 0 spiro atoms. The van der Waals surface area contributed by atoms with Gasteiger partial charge in [-0.15, -0.1) is 11.3 Å². The fraction of sp³-hybridized carbons (Fsp3) is 0.458. The van der Waals surface area contributed by atoms with Gasteiger partial charge >= 0.3 is 0 Å². The van der Waals surface area contributed by atoms with E-state index in [2.05, 4.69) is 36.1 Å². The van der Waals surface area contributed by atoms with Crippen LogP contribution in [0.2, 0.25) is 0 Å². The Kier molecular flexibility index (Phi) is 7.02. The third-order valence-corrected chi connectivity index (χ3v) is 8.34. The average Bonchev–Trinajstić information content (AvgIpc) is 3.07. The second-order valence-corrected chi connectivity index (χ2v) is 10.4. The molecule has 1 amide bonds.